The third kappa shape index (κ3) is 10.3. The average molecular weight is 380 g/mol. The standard InChI is InChI=1S/C22H37NO4/c1-3-4-5-6-7-8-9-10-11-12-13-15-19(25)21(18(2)24)23-22(26)20-16-14-17-27-20/h14,16-18,21,24H,3-13,15H2,1-2H3,(H,23,26)/t18-,21+/m1/s1. The van der Waals surface area contributed by atoms with Gasteiger partial charge in [-0.2, -0.15) is 0 Å². The maximum absolute atomic E-state index is 12.3. The van der Waals surface area contributed by atoms with Crippen LogP contribution in [0.2, 0.25) is 0 Å². The zero-order valence-electron chi connectivity index (χ0n) is 17.0. The van der Waals surface area contributed by atoms with Gasteiger partial charge in [0, 0.05) is 6.42 Å². The highest BCUT2D eigenvalue weighted by atomic mass is 16.3. The quantitative estimate of drug-likeness (QED) is 0.395. The number of rotatable bonds is 16. The predicted molar refractivity (Wildman–Crippen MR) is 108 cm³/mol. The Hall–Kier alpha value is -1.62. The summed E-state index contributed by atoms with van der Waals surface area (Å²) in [5.74, 6) is -0.456. The van der Waals surface area contributed by atoms with E-state index in [1.165, 1.54) is 70.6 Å². The molecule has 5 nitrogen and oxygen atoms in total. The summed E-state index contributed by atoms with van der Waals surface area (Å²) >= 11 is 0. The van der Waals surface area contributed by atoms with E-state index in [4.69, 9.17) is 4.42 Å². The van der Waals surface area contributed by atoms with Crippen molar-refractivity contribution in [2.45, 2.75) is 103 Å². The Morgan fingerprint density at radius 1 is 1.00 bits per heavy atom. The molecular weight excluding hydrogens is 342 g/mol. The summed E-state index contributed by atoms with van der Waals surface area (Å²) < 4.78 is 5.02. The molecule has 0 saturated carbocycles. The summed E-state index contributed by atoms with van der Waals surface area (Å²) in [5, 5.41) is 12.4. The van der Waals surface area contributed by atoms with Gasteiger partial charge in [0.25, 0.3) is 5.91 Å². The van der Waals surface area contributed by atoms with Crippen LogP contribution in [0.25, 0.3) is 0 Å². The zero-order chi connectivity index (χ0) is 19.9. The molecule has 0 aromatic carbocycles. The molecule has 0 bridgehead atoms. The van der Waals surface area contributed by atoms with Gasteiger partial charge in [0.15, 0.2) is 11.5 Å². The number of furan rings is 1. The smallest absolute Gasteiger partial charge is 0.287 e. The lowest BCUT2D eigenvalue weighted by atomic mass is 10.0. The van der Waals surface area contributed by atoms with Crippen LogP contribution in [0.3, 0.4) is 0 Å². The SMILES string of the molecule is CCCCCCCCCCCCCC(=O)[C@@H](NC(=O)c1ccco1)[C@@H](C)O. The second-order valence-electron chi connectivity index (χ2n) is 7.42. The fraction of sp³-hybridized carbons (Fsp3) is 0.727. The van der Waals surface area contributed by atoms with Crippen molar-refractivity contribution in [2.24, 2.45) is 0 Å². The molecule has 0 aliphatic heterocycles. The summed E-state index contributed by atoms with van der Waals surface area (Å²) in [7, 11) is 0. The molecule has 0 radical (unpaired) electrons. The van der Waals surface area contributed by atoms with Gasteiger partial charge in [-0.05, 0) is 25.5 Å². The maximum atomic E-state index is 12.3. The van der Waals surface area contributed by atoms with Gasteiger partial charge < -0.3 is 14.8 Å². The lowest BCUT2D eigenvalue weighted by Crippen LogP contribution is -2.47. The van der Waals surface area contributed by atoms with Crippen LogP contribution in [-0.4, -0.2) is 28.9 Å². The predicted octanol–water partition coefficient (Wildman–Crippen LogP) is 5.03. The van der Waals surface area contributed by atoms with Crippen LogP contribution in [0.1, 0.15) is 101 Å². The number of aliphatic hydroxyl groups excluding tert-OH is 1. The monoisotopic (exact) mass is 379 g/mol. The Morgan fingerprint density at radius 3 is 2.04 bits per heavy atom. The number of carbonyl (C=O) groups is 2. The molecule has 2 N–H and O–H groups in total. The van der Waals surface area contributed by atoms with Crippen molar-refractivity contribution in [3.05, 3.63) is 24.2 Å². The van der Waals surface area contributed by atoms with Crippen molar-refractivity contribution in [1.82, 2.24) is 5.32 Å². The number of amides is 1. The third-order valence-corrected chi connectivity index (χ3v) is 4.89. The first-order chi connectivity index (χ1) is 13.1. The second kappa shape index (κ2) is 14.4. The highest BCUT2D eigenvalue weighted by molar-refractivity contribution is 5.96. The van der Waals surface area contributed by atoms with Crippen LogP contribution in [0, 0.1) is 0 Å². The van der Waals surface area contributed by atoms with E-state index in [-0.39, 0.29) is 11.5 Å². The van der Waals surface area contributed by atoms with E-state index in [9.17, 15) is 14.7 Å². The Labute approximate surface area is 163 Å². The van der Waals surface area contributed by atoms with Crippen molar-refractivity contribution in [3.63, 3.8) is 0 Å². The number of hydrogen-bond donors (Lipinski definition) is 2. The van der Waals surface area contributed by atoms with E-state index in [2.05, 4.69) is 12.2 Å². The highest BCUT2D eigenvalue weighted by Crippen LogP contribution is 2.13. The minimum absolute atomic E-state index is 0.124. The Kier molecular flexibility index (Phi) is 12.5. The average Bonchev–Trinajstić information content (AvgIpc) is 3.18. The van der Waals surface area contributed by atoms with Crippen molar-refractivity contribution in [2.75, 3.05) is 0 Å². The second-order valence-corrected chi connectivity index (χ2v) is 7.42. The molecule has 27 heavy (non-hydrogen) atoms. The first-order valence-corrected chi connectivity index (χ1v) is 10.6. The van der Waals surface area contributed by atoms with Gasteiger partial charge in [0.2, 0.25) is 0 Å². The summed E-state index contributed by atoms with van der Waals surface area (Å²) in [4.78, 5) is 24.4. The normalized spacial score (nSPS) is 13.3. The largest absolute Gasteiger partial charge is 0.459 e. The number of carbonyl (C=O) groups excluding carboxylic acids is 2. The van der Waals surface area contributed by atoms with Crippen LogP contribution >= 0.6 is 0 Å². The highest BCUT2D eigenvalue weighted by Gasteiger charge is 2.26. The molecule has 0 spiro atoms. The third-order valence-electron chi connectivity index (χ3n) is 4.89. The van der Waals surface area contributed by atoms with E-state index in [0.717, 1.165) is 19.3 Å². The molecule has 0 saturated heterocycles. The molecule has 0 fully saturated rings. The van der Waals surface area contributed by atoms with Gasteiger partial charge in [0.05, 0.1) is 12.4 Å². The molecule has 2 atom stereocenters. The van der Waals surface area contributed by atoms with Gasteiger partial charge in [-0.3, -0.25) is 9.59 Å². The van der Waals surface area contributed by atoms with Crippen molar-refractivity contribution in [1.29, 1.82) is 0 Å². The molecule has 0 aliphatic carbocycles. The number of aliphatic hydroxyl groups is 1. The van der Waals surface area contributed by atoms with Crippen LogP contribution in [-0.2, 0) is 4.79 Å². The van der Waals surface area contributed by atoms with Gasteiger partial charge >= 0.3 is 0 Å². The fourth-order valence-corrected chi connectivity index (χ4v) is 3.21. The molecule has 1 aromatic heterocycles. The lowest BCUT2D eigenvalue weighted by Gasteiger charge is -2.19. The number of hydrogen-bond acceptors (Lipinski definition) is 4. The number of Topliss-reactive ketones (excluding diaryl/α,β-unsaturated/α-hetero) is 1. The Bertz CT molecular complexity index is 510. The molecule has 0 aliphatic rings. The molecular formula is C22H37NO4. The molecule has 1 heterocycles. The van der Waals surface area contributed by atoms with E-state index >= 15 is 0 Å². The molecule has 1 rings (SSSR count). The molecule has 154 valence electrons. The zero-order valence-corrected chi connectivity index (χ0v) is 17.0. The molecule has 0 unspecified atom stereocenters. The topological polar surface area (TPSA) is 79.5 Å². The van der Waals surface area contributed by atoms with Gasteiger partial charge in [-0.1, -0.05) is 71.1 Å². The Balaban J connectivity index is 2.13. The summed E-state index contributed by atoms with van der Waals surface area (Å²) in [6, 6.07) is 2.26. The van der Waals surface area contributed by atoms with Gasteiger partial charge in [-0.25, -0.2) is 0 Å². The number of nitrogens with one attached hydrogen (secondary N) is 1. The van der Waals surface area contributed by atoms with Crippen molar-refractivity contribution in [3.8, 4) is 0 Å². The maximum Gasteiger partial charge on any atom is 0.287 e. The first kappa shape index (κ1) is 23.4. The number of ketones is 1. The fourth-order valence-electron chi connectivity index (χ4n) is 3.21. The van der Waals surface area contributed by atoms with Crippen LogP contribution < -0.4 is 5.32 Å². The van der Waals surface area contributed by atoms with E-state index in [0.29, 0.717) is 6.42 Å². The van der Waals surface area contributed by atoms with Gasteiger partial charge in [-0.15, -0.1) is 0 Å². The van der Waals surface area contributed by atoms with Crippen molar-refractivity contribution >= 4 is 11.7 Å². The number of unbranched alkanes of at least 4 members (excludes halogenated alkanes) is 10. The van der Waals surface area contributed by atoms with Gasteiger partial charge in [0.1, 0.15) is 6.04 Å². The van der Waals surface area contributed by atoms with Crippen molar-refractivity contribution < 1.29 is 19.1 Å². The summed E-state index contributed by atoms with van der Waals surface area (Å²) in [5.41, 5.74) is 0. The minimum atomic E-state index is -0.927. The van der Waals surface area contributed by atoms with E-state index in [1.54, 1.807) is 6.07 Å². The van der Waals surface area contributed by atoms with Crippen LogP contribution in [0.5, 0.6) is 0 Å². The van der Waals surface area contributed by atoms with E-state index < -0.39 is 18.1 Å². The molecule has 5 heteroatoms. The minimum Gasteiger partial charge on any atom is -0.459 e. The van der Waals surface area contributed by atoms with E-state index in [1.807, 2.05) is 0 Å². The lowest BCUT2D eigenvalue weighted by molar-refractivity contribution is -0.123. The van der Waals surface area contributed by atoms with Crippen LogP contribution in [0.15, 0.2) is 22.8 Å². The summed E-state index contributed by atoms with van der Waals surface area (Å²) in [6.07, 6.45) is 14.3. The Morgan fingerprint density at radius 2 is 1.56 bits per heavy atom. The van der Waals surface area contributed by atoms with Crippen LogP contribution in [0.4, 0.5) is 0 Å². The molecule has 1 amide bonds. The summed E-state index contributed by atoms with van der Waals surface area (Å²) in [6.45, 7) is 3.76. The molecule has 1 aromatic rings. The first-order valence-electron chi connectivity index (χ1n) is 10.6.